The van der Waals surface area contributed by atoms with Crippen LogP contribution in [0.1, 0.15) is 78.3 Å². The van der Waals surface area contributed by atoms with Crippen molar-refractivity contribution in [3.05, 3.63) is 136 Å². The standard InChI is InChI=1S/C10H14FN.C9H14N2O.C8H13N3O.C8H13N3.C8H16N2O.C7H14N2O.C5H6N2/c1-8-4-5-10(11)6-9(8)7-12(2)3;1-8-4-5-11(12)7-9(8)6-10(2)3;1-7-3-4-9-8(11-7)10-5-6-12-2;1-7-4-5-9-8(10-7)6-11(2)3;1-7(9)10-5-3-8(11-2)4-6-10;1-6(8)9-4-3-7(5-9)10-2;1-5-2-3-6-4-7-5/h4-6H,7H2,1-3H3;4-5,7H,6H2,1-3H3;3-4H,5-6H2,1-2H3,(H,9,10,11);4-5H,6H2,1-3H3;8-9H,3-6H2,1-2H3;7-8H,3-5H2,1-2H3;2-4H,1H3. The number of likely N-dealkylation sites (tertiary alicyclic amines) is 2. The van der Waals surface area contributed by atoms with Gasteiger partial charge in [-0.3, -0.25) is 10.8 Å². The lowest BCUT2D eigenvalue weighted by atomic mass is 10.1. The van der Waals surface area contributed by atoms with E-state index in [2.05, 4.69) is 45.0 Å². The van der Waals surface area contributed by atoms with Crippen LogP contribution in [0.2, 0.25) is 0 Å². The molecule has 2 fully saturated rings. The number of ether oxygens (including phenoxy) is 3. The van der Waals surface area contributed by atoms with E-state index in [1.165, 1.54) is 18.6 Å². The molecule has 4 aromatic heterocycles. The Labute approximate surface area is 448 Å². The lowest BCUT2D eigenvalue weighted by molar-refractivity contribution is -0.606. The van der Waals surface area contributed by atoms with Crippen LogP contribution in [0.5, 0.6) is 0 Å². The van der Waals surface area contributed by atoms with Crippen molar-refractivity contribution in [1.29, 1.82) is 10.8 Å². The highest BCUT2D eigenvalue weighted by molar-refractivity contribution is 5.76. The summed E-state index contributed by atoms with van der Waals surface area (Å²) < 4.78 is 28.9. The largest absolute Gasteiger partial charge is 0.619 e. The van der Waals surface area contributed by atoms with Crippen molar-refractivity contribution >= 4 is 17.6 Å². The van der Waals surface area contributed by atoms with Gasteiger partial charge >= 0.3 is 0 Å². The van der Waals surface area contributed by atoms with Gasteiger partial charge in [-0.2, -0.15) is 4.73 Å². The number of aryl methyl sites for hydroxylation is 5. The van der Waals surface area contributed by atoms with Crippen molar-refractivity contribution in [2.75, 3.05) is 108 Å². The highest BCUT2D eigenvalue weighted by Crippen LogP contribution is 2.14. The van der Waals surface area contributed by atoms with Gasteiger partial charge in [0.05, 0.1) is 37.0 Å². The fourth-order valence-corrected chi connectivity index (χ4v) is 6.92. The zero-order valence-electron chi connectivity index (χ0n) is 48.0. The highest BCUT2D eigenvalue weighted by Gasteiger charge is 2.22. The number of nitrogens with one attached hydrogen (secondary N) is 3. The number of hydrogen-bond donors (Lipinski definition) is 3. The number of hydrogen-bond acceptors (Lipinski definition) is 16. The molecule has 416 valence electrons. The minimum absolute atomic E-state index is 0.155. The van der Waals surface area contributed by atoms with E-state index in [9.17, 15) is 9.60 Å². The molecule has 0 saturated carbocycles. The van der Waals surface area contributed by atoms with Crippen molar-refractivity contribution in [2.45, 2.75) is 99.6 Å². The Morgan fingerprint density at radius 1 is 0.693 bits per heavy atom. The van der Waals surface area contributed by atoms with Crippen LogP contribution < -0.4 is 10.0 Å². The molecule has 20 heteroatoms. The second-order valence-electron chi connectivity index (χ2n) is 18.9. The summed E-state index contributed by atoms with van der Waals surface area (Å²) in [6, 6.07) is 12.4. The molecule has 3 N–H and O–H groups in total. The summed E-state index contributed by atoms with van der Waals surface area (Å²) in [6.07, 6.45) is 13.9. The van der Waals surface area contributed by atoms with E-state index in [-0.39, 0.29) is 5.82 Å². The first-order valence-electron chi connectivity index (χ1n) is 25.1. The monoisotopic (exact) mass is 1040 g/mol. The molecule has 0 spiro atoms. The molecule has 0 radical (unpaired) electrons. The van der Waals surface area contributed by atoms with E-state index in [0.717, 1.165) is 122 Å². The number of rotatable bonds is 12. The molecule has 1 aromatic carbocycles. The van der Waals surface area contributed by atoms with Crippen LogP contribution in [0, 0.1) is 56.5 Å². The topological polar surface area (TPSA) is 208 Å². The first-order valence-corrected chi connectivity index (χ1v) is 25.1. The summed E-state index contributed by atoms with van der Waals surface area (Å²) in [5.74, 6) is 2.72. The zero-order chi connectivity index (χ0) is 56.3. The third kappa shape index (κ3) is 32.0. The van der Waals surface area contributed by atoms with Crippen molar-refractivity contribution in [2.24, 2.45) is 0 Å². The van der Waals surface area contributed by atoms with E-state index in [1.54, 1.807) is 52.2 Å². The van der Waals surface area contributed by atoms with Crippen molar-refractivity contribution in [3.8, 4) is 0 Å². The van der Waals surface area contributed by atoms with E-state index >= 15 is 0 Å². The van der Waals surface area contributed by atoms with Crippen LogP contribution in [0.4, 0.5) is 10.3 Å². The Morgan fingerprint density at radius 2 is 1.24 bits per heavy atom. The summed E-state index contributed by atoms with van der Waals surface area (Å²) in [5.41, 5.74) is 7.44. The predicted molar refractivity (Wildman–Crippen MR) is 300 cm³/mol. The zero-order valence-corrected chi connectivity index (χ0v) is 48.0. The van der Waals surface area contributed by atoms with Crippen LogP contribution >= 0.6 is 0 Å². The van der Waals surface area contributed by atoms with Crippen molar-refractivity contribution in [1.82, 2.24) is 54.4 Å². The molecule has 75 heavy (non-hydrogen) atoms. The third-order valence-electron chi connectivity index (χ3n) is 11.2. The maximum absolute atomic E-state index is 12.8. The summed E-state index contributed by atoms with van der Waals surface area (Å²) in [6.45, 7) is 21.2. The number of benzene rings is 1. The fourth-order valence-electron chi connectivity index (χ4n) is 6.92. The van der Waals surface area contributed by atoms with E-state index in [4.69, 9.17) is 25.0 Å². The number of anilines is 1. The van der Waals surface area contributed by atoms with Gasteiger partial charge in [-0.05, 0) is 157 Å². The molecule has 5 aromatic rings. The van der Waals surface area contributed by atoms with Gasteiger partial charge < -0.3 is 49.2 Å². The van der Waals surface area contributed by atoms with Crippen LogP contribution in [-0.4, -0.2) is 181 Å². The number of halogens is 1. The first kappa shape index (κ1) is 66.9. The minimum Gasteiger partial charge on any atom is -0.619 e. The minimum atomic E-state index is -0.155. The van der Waals surface area contributed by atoms with Gasteiger partial charge in [-0.25, -0.2) is 34.3 Å². The van der Waals surface area contributed by atoms with Crippen LogP contribution in [0.3, 0.4) is 0 Å². The van der Waals surface area contributed by atoms with Crippen molar-refractivity contribution in [3.63, 3.8) is 0 Å². The first-order chi connectivity index (χ1) is 35.6. The second kappa shape index (κ2) is 38.4. The van der Waals surface area contributed by atoms with E-state index < -0.39 is 0 Å². The Hall–Kier alpha value is -6.16. The van der Waals surface area contributed by atoms with Crippen LogP contribution in [0.25, 0.3) is 0 Å². The fraction of sp³-hybridized carbons (Fsp3) is 0.545. The lowest BCUT2D eigenvalue weighted by Gasteiger charge is -2.31. The maximum atomic E-state index is 12.8. The molecule has 2 saturated heterocycles. The summed E-state index contributed by atoms with van der Waals surface area (Å²) in [5, 5.41) is 28.7. The molecule has 0 amide bonds. The van der Waals surface area contributed by atoms with Gasteiger partial charge in [0.15, 0.2) is 12.4 Å². The Kier molecular flexibility index (Phi) is 34.2. The van der Waals surface area contributed by atoms with Gasteiger partial charge in [-0.15, -0.1) is 0 Å². The van der Waals surface area contributed by atoms with Crippen molar-refractivity contribution < 1.29 is 23.3 Å². The second-order valence-corrected chi connectivity index (χ2v) is 18.9. The number of piperidine rings is 1. The van der Waals surface area contributed by atoms with E-state index in [1.807, 2.05) is 136 Å². The average Bonchev–Trinajstić information content (AvgIpc) is 3.86. The quantitative estimate of drug-likeness (QED) is 0.0372. The predicted octanol–water partition coefficient (Wildman–Crippen LogP) is 7.16. The molecule has 7 rings (SSSR count). The number of methoxy groups -OCH3 is 3. The maximum Gasteiger partial charge on any atom is 0.222 e. The summed E-state index contributed by atoms with van der Waals surface area (Å²) in [7, 11) is 17.1. The summed E-state index contributed by atoms with van der Waals surface area (Å²) in [4.78, 5) is 34.4. The molecular weight excluding hydrogens is 954 g/mol. The van der Waals surface area contributed by atoms with Gasteiger partial charge in [0.2, 0.25) is 5.95 Å². The third-order valence-corrected chi connectivity index (χ3v) is 11.2. The molecule has 6 heterocycles. The molecular formula is C55H90FN15O4. The molecule has 2 aliphatic heterocycles. The van der Waals surface area contributed by atoms with Gasteiger partial charge in [-0.1, -0.05) is 6.07 Å². The summed E-state index contributed by atoms with van der Waals surface area (Å²) >= 11 is 0. The highest BCUT2D eigenvalue weighted by atomic mass is 19.1. The molecule has 2 aliphatic rings. The number of aromatic nitrogens is 7. The Bertz CT molecular complexity index is 2260. The normalized spacial score (nSPS) is 13.7. The SMILES string of the molecule is COC1CCN(C(C)=N)C1.COC1CCN(C(C)=N)CC1.COCCNc1nccc(C)n1.Cc1cc[n+]([O-])cc1CN(C)C.Cc1ccc(F)cc1CN(C)C.Cc1ccnc(CN(C)C)n1.Cc1ccncn1. The van der Waals surface area contributed by atoms with Gasteiger partial charge in [0, 0.05) is 114 Å². The molecule has 0 bridgehead atoms. The number of nitrogens with zero attached hydrogens (tertiary/aromatic N) is 12. The molecule has 19 nitrogen and oxygen atoms in total. The van der Waals surface area contributed by atoms with Gasteiger partial charge in [0.25, 0.3) is 0 Å². The molecule has 1 unspecified atom stereocenters. The van der Waals surface area contributed by atoms with Crippen LogP contribution in [-0.2, 0) is 33.8 Å². The number of amidine groups is 2. The average molecular weight is 1040 g/mol. The van der Waals surface area contributed by atoms with E-state index in [0.29, 0.717) is 36.4 Å². The molecule has 0 aliphatic carbocycles. The Balaban J connectivity index is 0.000000439. The number of pyridine rings is 1. The lowest BCUT2D eigenvalue weighted by Crippen LogP contribution is -2.39. The van der Waals surface area contributed by atoms with Crippen LogP contribution in [0.15, 0.2) is 79.8 Å². The van der Waals surface area contributed by atoms with Gasteiger partial charge in [0.1, 0.15) is 18.0 Å². The Morgan fingerprint density at radius 3 is 1.72 bits per heavy atom. The smallest absolute Gasteiger partial charge is 0.222 e. The molecule has 1 atom stereocenters.